The number of fused-ring (bicyclic) bond motifs is 1. The van der Waals surface area contributed by atoms with Crippen molar-refractivity contribution >= 4 is 54.4 Å². The lowest BCUT2D eigenvalue weighted by molar-refractivity contribution is 1.25. The normalized spacial score (nSPS) is 11.9. The van der Waals surface area contributed by atoms with E-state index in [0.29, 0.717) is 0 Å². The number of hydrogen-bond donors (Lipinski definition) is 0. The molecule has 0 aliphatic heterocycles. The van der Waals surface area contributed by atoms with Crippen LogP contribution in [0.1, 0.15) is 11.1 Å². The Balaban J connectivity index is 1.40. The molecule has 2 aromatic heterocycles. The Morgan fingerprint density at radius 1 is 0.421 bits per heavy atom. The lowest BCUT2D eigenvalue weighted by Gasteiger charge is -2.31. The van der Waals surface area contributed by atoms with Crippen molar-refractivity contribution < 1.29 is 0 Å². The van der Waals surface area contributed by atoms with Crippen molar-refractivity contribution in [2.75, 3.05) is 4.90 Å². The second kappa shape index (κ2) is 15.2. The number of pyridine rings is 2. The fourth-order valence-electron chi connectivity index (χ4n) is 7.69. The molecule has 0 spiro atoms. The molecule has 57 heavy (non-hydrogen) atoms. The van der Waals surface area contributed by atoms with Crippen LogP contribution in [0.4, 0.5) is 17.1 Å². The van der Waals surface area contributed by atoms with Crippen LogP contribution >= 0.6 is 0 Å². The molecule has 0 amide bonds. The highest BCUT2D eigenvalue weighted by Gasteiger charge is 2.26. The van der Waals surface area contributed by atoms with E-state index in [1.807, 2.05) is 12.4 Å². The van der Waals surface area contributed by atoms with E-state index in [9.17, 15) is 0 Å². The van der Waals surface area contributed by atoms with Gasteiger partial charge in [0.1, 0.15) is 0 Å². The SMILES string of the molecule is Cc1cnc(-c2cc(N(c3cc(-c4cc(-c5ccccc5)c(C)cn4)cc([Si](C)(C)C)c3)c3cccc4ccccc34)cc([Si](C)(C)C)c2)cc1-c1ccccc1. The summed E-state index contributed by atoms with van der Waals surface area (Å²) in [5.41, 5.74) is 14.8. The van der Waals surface area contributed by atoms with E-state index in [0.717, 1.165) is 39.6 Å². The van der Waals surface area contributed by atoms with Crippen molar-refractivity contribution in [1.29, 1.82) is 0 Å². The van der Waals surface area contributed by atoms with Gasteiger partial charge in [-0.2, -0.15) is 0 Å². The fourth-order valence-corrected chi connectivity index (χ4v) is 10.0. The molecule has 0 radical (unpaired) electrons. The van der Waals surface area contributed by atoms with Crippen LogP contribution in [0, 0.1) is 13.8 Å². The molecule has 8 rings (SSSR count). The Hall–Kier alpha value is -5.89. The molecule has 0 saturated carbocycles. The maximum absolute atomic E-state index is 5.09. The lowest BCUT2D eigenvalue weighted by Crippen LogP contribution is -2.38. The minimum Gasteiger partial charge on any atom is -0.310 e. The first kappa shape index (κ1) is 38.0. The second-order valence-electron chi connectivity index (χ2n) is 17.4. The fraction of sp³-hybridized carbons (Fsp3) is 0.154. The van der Waals surface area contributed by atoms with Crippen molar-refractivity contribution in [3.05, 3.63) is 175 Å². The Labute approximate surface area is 340 Å². The van der Waals surface area contributed by atoms with Crippen LogP contribution in [0.3, 0.4) is 0 Å². The Morgan fingerprint density at radius 3 is 1.33 bits per heavy atom. The Bertz CT molecular complexity index is 2570. The van der Waals surface area contributed by atoms with Gasteiger partial charge in [-0.05, 0) is 95.1 Å². The largest absolute Gasteiger partial charge is 0.310 e. The molecule has 2 heterocycles. The first-order valence-electron chi connectivity index (χ1n) is 20.0. The van der Waals surface area contributed by atoms with Gasteiger partial charge in [0.25, 0.3) is 0 Å². The van der Waals surface area contributed by atoms with Crippen LogP contribution < -0.4 is 15.3 Å². The number of hydrogen-bond acceptors (Lipinski definition) is 3. The molecule has 0 atom stereocenters. The Kier molecular flexibility index (Phi) is 10.2. The maximum atomic E-state index is 5.09. The van der Waals surface area contributed by atoms with Crippen molar-refractivity contribution in [2.24, 2.45) is 0 Å². The van der Waals surface area contributed by atoms with Crippen LogP contribution in [0.15, 0.2) is 164 Å². The molecule has 0 N–H and O–H groups in total. The molecule has 0 saturated heterocycles. The molecule has 8 aromatic rings. The predicted molar refractivity (Wildman–Crippen MR) is 251 cm³/mol. The van der Waals surface area contributed by atoms with Crippen LogP contribution in [0.2, 0.25) is 39.3 Å². The van der Waals surface area contributed by atoms with Crippen LogP contribution in [-0.2, 0) is 0 Å². The summed E-state index contributed by atoms with van der Waals surface area (Å²) in [5, 5.41) is 5.19. The van der Waals surface area contributed by atoms with E-state index >= 15 is 0 Å². The number of rotatable bonds is 9. The van der Waals surface area contributed by atoms with E-state index < -0.39 is 16.1 Å². The Morgan fingerprint density at radius 2 is 0.860 bits per heavy atom. The summed E-state index contributed by atoms with van der Waals surface area (Å²) in [7, 11) is -3.65. The third-order valence-electron chi connectivity index (χ3n) is 11.1. The molecule has 6 aromatic carbocycles. The second-order valence-corrected chi connectivity index (χ2v) is 27.5. The zero-order valence-corrected chi connectivity index (χ0v) is 36.4. The van der Waals surface area contributed by atoms with Gasteiger partial charge in [-0.25, -0.2) is 0 Å². The molecule has 282 valence electrons. The average molecular weight is 774 g/mol. The summed E-state index contributed by atoms with van der Waals surface area (Å²) < 4.78 is 0. The third kappa shape index (κ3) is 7.91. The monoisotopic (exact) mass is 773 g/mol. The molecular weight excluding hydrogens is 723 g/mol. The average Bonchev–Trinajstić information content (AvgIpc) is 3.21. The number of nitrogens with zero attached hydrogens (tertiary/aromatic N) is 3. The van der Waals surface area contributed by atoms with E-state index in [-0.39, 0.29) is 0 Å². The van der Waals surface area contributed by atoms with Crippen molar-refractivity contribution in [2.45, 2.75) is 53.1 Å². The smallest absolute Gasteiger partial charge is 0.0777 e. The standard InChI is InChI=1S/C52H51N3Si2/c1-36-34-53-50(32-48(36)39-18-11-9-12-19-39)41-26-43(30-45(28-41)56(3,4)5)55(52-25-17-23-38-22-15-16-24-47(38)52)44-27-42(29-46(31-44)57(6,7)8)51-33-49(37(2)35-54-51)40-20-13-10-14-21-40/h9-35H,1-8H3. The number of aromatic nitrogens is 2. The minimum absolute atomic E-state index is 0.979. The van der Waals surface area contributed by atoms with Gasteiger partial charge >= 0.3 is 0 Å². The number of aryl methyl sites for hydroxylation is 2. The summed E-state index contributed by atoms with van der Waals surface area (Å²) in [6, 6.07) is 55.7. The summed E-state index contributed by atoms with van der Waals surface area (Å²) >= 11 is 0. The molecule has 5 heteroatoms. The van der Waals surface area contributed by atoms with Gasteiger partial charge in [0, 0.05) is 40.3 Å². The highest BCUT2D eigenvalue weighted by molar-refractivity contribution is 6.89. The number of anilines is 3. The molecule has 0 aliphatic rings. The van der Waals surface area contributed by atoms with Crippen molar-refractivity contribution in [3.8, 4) is 44.8 Å². The van der Waals surface area contributed by atoms with E-state index in [2.05, 4.69) is 210 Å². The van der Waals surface area contributed by atoms with Gasteiger partial charge in [0.05, 0.1) is 33.2 Å². The quantitative estimate of drug-likeness (QED) is 0.137. The van der Waals surface area contributed by atoms with Crippen molar-refractivity contribution in [3.63, 3.8) is 0 Å². The predicted octanol–water partition coefficient (Wildman–Crippen LogP) is 13.5. The molecule has 0 aliphatic carbocycles. The summed E-state index contributed by atoms with van der Waals surface area (Å²) in [5.74, 6) is 0. The van der Waals surface area contributed by atoms with Gasteiger partial charge < -0.3 is 4.90 Å². The summed E-state index contributed by atoms with van der Waals surface area (Å²) in [6.07, 6.45) is 4.06. The van der Waals surface area contributed by atoms with Crippen molar-refractivity contribution in [1.82, 2.24) is 9.97 Å². The van der Waals surface area contributed by atoms with Crippen LogP contribution in [-0.4, -0.2) is 26.1 Å². The van der Waals surface area contributed by atoms with Gasteiger partial charge in [0.2, 0.25) is 0 Å². The minimum atomic E-state index is -1.82. The molecule has 0 unspecified atom stereocenters. The highest BCUT2D eigenvalue weighted by atomic mass is 28.3. The first-order valence-corrected chi connectivity index (χ1v) is 27.0. The first-order chi connectivity index (χ1) is 27.3. The lowest BCUT2D eigenvalue weighted by atomic mass is 9.98. The zero-order chi connectivity index (χ0) is 39.9. The zero-order valence-electron chi connectivity index (χ0n) is 34.4. The molecule has 3 nitrogen and oxygen atoms in total. The van der Waals surface area contributed by atoms with Gasteiger partial charge in [0.15, 0.2) is 0 Å². The molecular formula is C52H51N3Si2. The summed E-state index contributed by atoms with van der Waals surface area (Å²) in [4.78, 5) is 12.7. The third-order valence-corrected chi connectivity index (χ3v) is 15.1. The highest BCUT2D eigenvalue weighted by Crippen LogP contribution is 2.42. The van der Waals surface area contributed by atoms with E-state index in [1.54, 1.807) is 0 Å². The van der Waals surface area contributed by atoms with Gasteiger partial charge in [-0.15, -0.1) is 0 Å². The number of benzene rings is 6. The van der Waals surface area contributed by atoms with Crippen LogP contribution in [0.25, 0.3) is 55.5 Å². The van der Waals surface area contributed by atoms with Crippen LogP contribution in [0.5, 0.6) is 0 Å². The topological polar surface area (TPSA) is 29.0 Å². The maximum Gasteiger partial charge on any atom is 0.0777 e. The molecule has 0 bridgehead atoms. The van der Waals surface area contributed by atoms with E-state index in [4.69, 9.17) is 9.97 Å². The van der Waals surface area contributed by atoms with Gasteiger partial charge in [-0.3, -0.25) is 9.97 Å². The summed E-state index contributed by atoms with van der Waals surface area (Å²) in [6.45, 7) is 18.9. The van der Waals surface area contributed by atoms with Gasteiger partial charge in [-0.1, -0.05) is 159 Å². The van der Waals surface area contributed by atoms with E-state index in [1.165, 1.54) is 54.5 Å². The molecule has 0 fully saturated rings.